The van der Waals surface area contributed by atoms with Crippen molar-refractivity contribution in [3.63, 3.8) is 0 Å². The molecule has 0 bridgehead atoms. The zero-order chi connectivity index (χ0) is 26.5. The van der Waals surface area contributed by atoms with Gasteiger partial charge in [0.25, 0.3) is 5.91 Å². The van der Waals surface area contributed by atoms with E-state index in [-0.39, 0.29) is 23.6 Å². The molecule has 1 aliphatic heterocycles. The summed E-state index contributed by atoms with van der Waals surface area (Å²) in [5.74, 6) is 1.14. The molecule has 0 radical (unpaired) electrons. The molecule has 1 atom stereocenters. The third-order valence-electron chi connectivity index (χ3n) is 6.75. The zero-order valence-corrected chi connectivity index (χ0v) is 22.5. The van der Waals surface area contributed by atoms with Crippen molar-refractivity contribution < 1.29 is 9.59 Å². The van der Waals surface area contributed by atoms with Crippen LogP contribution in [0.2, 0.25) is 0 Å². The summed E-state index contributed by atoms with van der Waals surface area (Å²) in [6, 6.07) is 27.7. The van der Waals surface area contributed by atoms with Crippen molar-refractivity contribution in [1.29, 1.82) is 0 Å². The average Bonchev–Trinajstić information content (AvgIpc) is 3.34. The van der Waals surface area contributed by atoms with Gasteiger partial charge in [-0.05, 0) is 49.2 Å². The first-order chi connectivity index (χ1) is 18.5. The SMILES string of the molecule is Cc1cccc(-n2c(Cc3ccccc3)nnc2SCC(=O)N2CCN(C(=O)c3ccccc3)C(C)C2)c1. The summed E-state index contributed by atoms with van der Waals surface area (Å²) in [7, 11) is 0. The Hall–Kier alpha value is -3.91. The normalized spacial score (nSPS) is 15.5. The van der Waals surface area contributed by atoms with E-state index >= 15 is 0 Å². The van der Waals surface area contributed by atoms with Crippen LogP contribution in [0.1, 0.15) is 34.2 Å². The highest BCUT2D eigenvalue weighted by Crippen LogP contribution is 2.25. The largest absolute Gasteiger partial charge is 0.338 e. The second kappa shape index (κ2) is 11.6. The summed E-state index contributed by atoms with van der Waals surface area (Å²) in [5, 5.41) is 9.67. The number of amides is 2. The van der Waals surface area contributed by atoms with Crippen molar-refractivity contribution in [1.82, 2.24) is 24.6 Å². The van der Waals surface area contributed by atoms with Crippen molar-refractivity contribution in [2.45, 2.75) is 31.5 Å². The summed E-state index contributed by atoms with van der Waals surface area (Å²) >= 11 is 1.40. The van der Waals surface area contributed by atoms with Crippen molar-refractivity contribution in [3.05, 3.63) is 107 Å². The van der Waals surface area contributed by atoms with Crippen LogP contribution in [0.25, 0.3) is 5.69 Å². The first-order valence-electron chi connectivity index (χ1n) is 12.8. The monoisotopic (exact) mass is 525 g/mol. The molecule has 1 aliphatic rings. The van der Waals surface area contributed by atoms with Gasteiger partial charge in [0, 0.05) is 43.3 Å². The fraction of sp³-hybridized carbons (Fsp3) is 0.267. The Morgan fingerprint density at radius 3 is 2.37 bits per heavy atom. The second-order valence-corrected chi connectivity index (χ2v) is 10.5. The minimum Gasteiger partial charge on any atom is -0.338 e. The second-order valence-electron chi connectivity index (χ2n) is 9.58. The first kappa shape index (κ1) is 25.7. The van der Waals surface area contributed by atoms with E-state index in [0.29, 0.717) is 36.8 Å². The molecule has 1 unspecified atom stereocenters. The molecule has 1 aromatic heterocycles. The Balaban J connectivity index is 1.27. The highest BCUT2D eigenvalue weighted by Gasteiger charge is 2.30. The number of thioether (sulfide) groups is 1. The lowest BCUT2D eigenvalue weighted by Gasteiger charge is -2.40. The molecule has 0 saturated carbocycles. The molecule has 38 heavy (non-hydrogen) atoms. The number of nitrogens with zero attached hydrogens (tertiary/aromatic N) is 5. The van der Waals surface area contributed by atoms with Crippen LogP contribution in [0.15, 0.2) is 90.1 Å². The van der Waals surface area contributed by atoms with E-state index in [1.165, 1.54) is 11.8 Å². The molecule has 7 nitrogen and oxygen atoms in total. The maximum absolute atomic E-state index is 13.2. The number of rotatable bonds is 7. The fourth-order valence-corrected chi connectivity index (χ4v) is 5.64. The highest BCUT2D eigenvalue weighted by atomic mass is 32.2. The van der Waals surface area contributed by atoms with Gasteiger partial charge in [0.1, 0.15) is 5.82 Å². The molecule has 2 amide bonds. The Morgan fingerprint density at radius 2 is 1.66 bits per heavy atom. The summed E-state index contributed by atoms with van der Waals surface area (Å²) in [4.78, 5) is 29.8. The Bertz CT molecular complexity index is 1410. The van der Waals surface area contributed by atoms with Gasteiger partial charge in [0.2, 0.25) is 5.91 Å². The van der Waals surface area contributed by atoms with Gasteiger partial charge in [-0.2, -0.15) is 0 Å². The van der Waals surface area contributed by atoms with E-state index in [2.05, 4.69) is 46.0 Å². The van der Waals surface area contributed by atoms with Crippen LogP contribution in [0.5, 0.6) is 0 Å². The molecule has 3 aromatic carbocycles. The molecule has 2 heterocycles. The predicted octanol–water partition coefficient (Wildman–Crippen LogP) is 4.63. The fourth-order valence-electron chi connectivity index (χ4n) is 4.76. The molecule has 4 aromatic rings. The highest BCUT2D eigenvalue weighted by molar-refractivity contribution is 7.99. The number of aryl methyl sites for hydroxylation is 1. The quantitative estimate of drug-likeness (QED) is 0.329. The number of carbonyl (C=O) groups is 2. The lowest BCUT2D eigenvalue weighted by molar-refractivity contribution is -0.130. The average molecular weight is 526 g/mol. The summed E-state index contributed by atoms with van der Waals surface area (Å²) in [6.45, 7) is 5.61. The molecule has 1 saturated heterocycles. The summed E-state index contributed by atoms with van der Waals surface area (Å²) in [5.41, 5.74) is 3.96. The van der Waals surface area contributed by atoms with Gasteiger partial charge in [-0.15, -0.1) is 10.2 Å². The maximum atomic E-state index is 13.2. The lowest BCUT2D eigenvalue weighted by atomic mass is 10.1. The number of carbonyl (C=O) groups excluding carboxylic acids is 2. The molecular weight excluding hydrogens is 494 g/mol. The van der Waals surface area contributed by atoms with E-state index in [1.807, 2.05) is 77.4 Å². The van der Waals surface area contributed by atoms with Crippen LogP contribution in [0, 0.1) is 6.92 Å². The first-order valence-corrected chi connectivity index (χ1v) is 13.8. The Morgan fingerprint density at radius 1 is 0.921 bits per heavy atom. The van der Waals surface area contributed by atoms with E-state index < -0.39 is 0 Å². The lowest BCUT2D eigenvalue weighted by Crippen LogP contribution is -2.55. The number of hydrogen-bond donors (Lipinski definition) is 0. The molecular formula is C30H31N5O2S. The maximum Gasteiger partial charge on any atom is 0.254 e. The van der Waals surface area contributed by atoms with Crippen molar-refractivity contribution in [2.24, 2.45) is 0 Å². The molecule has 5 rings (SSSR count). The van der Waals surface area contributed by atoms with Gasteiger partial charge in [0.05, 0.1) is 5.75 Å². The van der Waals surface area contributed by atoms with Gasteiger partial charge in [0.15, 0.2) is 5.16 Å². The molecule has 0 aliphatic carbocycles. The molecule has 1 fully saturated rings. The van der Waals surface area contributed by atoms with Crippen LogP contribution >= 0.6 is 11.8 Å². The van der Waals surface area contributed by atoms with Crippen LogP contribution in [-0.4, -0.2) is 67.8 Å². The number of hydrogen-bond acceptors (Lipinski definition) is 5. The van der Waals surface area contributed by atoms with E-state index in [9.17, 15) is 9.59 Å². The third kappa shape index (κ3) is 5.81. The van der Waals surface area contributed by atoms with E-state index in [0.717, 1.165) is 22.6 Å². The Kier molecular flexibility index (Phi) is 7.89. The number of benzene rings is 3. The van der Waals surface area contributed by atoms with E-state index in [1.54, 1.807) is 0 Å². The van der Waals surface area contributed by atoms with Crippen molar-refractivity contribution in [2.75, 3.05) is 25.4 Å². The zero-order valence-electron chi connectivity index (χ0n) is 21.7. The van der Waals surface area contributed by atoms with Crippen molar-refractivity contribution in [3.8, 4) is 5.69 Å². The van der Waals surface area contributed by atoms with Gasteiger partial charge in [-0.25, -0.2) is 0 Å². The van der Waals surface area contributed by atoms with Crippen molar-refractivity contribution >= 4 is 23.6 Å². The Labute approximate surface area is 227 Å². The van der Waals surface area contributed by atoms with E-state index in [4.69, 9.17) is 0 Å². The summed E-state index contributed by atoms with van der Waals surface area (Å²) in [6.07, 6.45) is 0.644. The summed E-state index contributed by atoms with van der Waals surface area (Å²) < 4.78 is 2.05. The molecule has 0 spiro atoms. The molecule has 194 valence electrons. The predicted molar refractivity (Wildman–Crippen MR) is 150 cm³/mol. The minimum absolute atomic E-state index is 0.0109. The van der Waals surface area contributed by atoms with Crippen LogP contribution in [0.4, 0.5) is 0 Å². The van der Waals surface area contributed by atoms with Crippen LogP contribution < -0.4 is 0 Å². The number of aromatic nitrogens is 3. The smallest absolute Gasteiger partial charge is 0.254 e. The number of piperazine rings is 1. The van der Waals surface area contributed by atoms with Crippen LogP contribution in [-0.2, 0) is 11.2 Å². The van der Waals surface area contributed by atoms with Gasteiger partial charge in [-0.3, -0.25) is 14.2 Å². The standard InChI is InChI=1S/C30H31N5O2S/c1-22-10-9-15-26(18-22)35-27(19-24-11-5-3-6-12-24)31-32-30(35)38-21-28(36)33-16-17-34(23(2)20-33)29(37)25-13-7-4-8-14-25/h3-15,18,23H,16-17,19-21H2,1-2H3. The van der Waals surface area contributed by atoms with Gasteiger partial charge in [-0.1, -0.05) is 72.4 Å². The topological polar surface area (TPSA) is 71.3 Å². The molecule has 0 N–H and O–H groups in total. The van der Waals surface area contributed by atoms with Gasteiger partial charge < -0.3 is 9.80 Å². The minimum atomic E-state index is -0.0566. The van der Waals surface area contributed by atoms with Gasteiger partial charge >= 0.3 is 0 Å². The van der Waals surface area contributed by atoms with Crippen LogP contribution in [0.3, 0.4) is 0 Å². The third-order valence-corrected chi connectivity index (χ3v) is 7.67. The molecule has 8 heteroatoms.